The molecule has 0 heterocycles. The second kappa shape index (κ2) is 10.6. The lowest BCUT2D eigenvalue weighted by Gasteiger charge is -2.31. The van der Waals surface area contributed by atoms with E-state index >= 15 is 0 Å². The van der Waals surface area contributed by atoms with Crippen molar-refractivity contribution in [1.82, 2.24) is 10.2 Å². The second-order valence-corrected chi connectivity index (χ2v) is 7.70. The first-order valence-electron chi connectivity index (χ1n) is 10.1. The molecule has 0 aliphatic heterocycles. The highest BCUT2D eigenvalue weighted by Gasteiger charge is 2.29. The Hall–Kier alpha value is -2.82. The molecule has 1 N–H and O–H groups in total. The second-order valence-electron chi connectivity index (χ2n) is 7.70. The lowest BCUT2D eigenvalue weighted by atomic mass is 10.1. The van der Waals surface area contributed by atoms with Crippen molar-refractivity contribution in [2.24, 2.45) is 0 Å². The van der Waals surface area contributed by atoms with Gasteiger partial charge < -0.3 is 15.0 Å². The molecule has 2 amide bonds. The molecule has 29 heavy (non-hydrogen) atoms. The Labute approximate surface area is 174 Å². The van der Waals surface area contributed by atoms with Crippen molar-refractivity contribution in [3.05, 3.63) is 65.2 Å². The first kappa shape index (κ1) is 22.5. The summed E-state index contributed by atoms with van der Waals surface area (Å²) in [6, 6.07) is 15.0. The molecular formula is C24H32N2O3. The topological polar surface area (TPSA) is 58.6 Å². The summed E-state index contributed by atoms with van der Waals surface area (Å²) in [4.78, 5) is 27.5. The van der Waals surface area contributed by atoms with Crippen LogP contribution in [0.5, 0.6) is 5.75 Å². The number of carbonyl (C=O) groups is 2. The Balaban J connectivity index is 2.20. The lowest BCUT2D eigenvalue weighted by molar-refractivity contribution is -0.143. The SMILES string of the molecule is CC[C@H](C(=O)NC(C)C)N(Cc1ccc(C)cc1)C(=O)COc1cccc(C)c1. The van der Waals surface area contributed by atoms with E-state index < -0.39 is 6.04 Å². The maximum atomic E-state index is 13.1. The van der Waals surface area contributed by atoms with E-state index in [1.807, 2.05) is 83.1 Å². The van der Waals surface area contributed by atoms with E-state index in [1.165, 1.54) is 0 Å². The number of hydrogen-bond donors (Lipinski definition) is 1. The van der Waals surface area contributed by atoms with Gasteiger partial charge in [0.25, 0.3) is 5.91 Å². The number of nitrogens with zero attached hydrogens (tertiary/aromatic N) is 1. The van der Waals surface area contributed by atoms with Crippen LogP contribution in [0.4, 0.5) is 0 Å². The van der Waals surface area contributed by atoms with Gasteiger partial charge in [0.2, 0.25) is 5.91 Å². The fraction of sp³-hybridized carbons (Fsp3) is 0.417. The van der Waals surface area contributed by atoms with Crippen LogP contribution in [0.2, 0.25) is 0 Å². The van der Waals surface area contributed by atoms with Crippen molar-refractivity contribution in [1.29, 1.82) is 0 Å². The summed E-state index contributed by atoms with van der Waals surface area (Å²) >= 11 is 0. The van der Waals surface area contributed by atoms with Crippen LogP contribution < -0.4 is 10.1 Å². The van der Waals surface area contributed by atoms with E-state index in [1.54, 1.807) is 4.90 Å². The summed E-state index contributed by atoms with van der Waals surface area (Å²) in [5.41, 5.74) is 3.20. The van der Waals surface area contributed by atoms with Crippen LogP contribution in [0.25, 0.3) is 0 Å². The Bertz CT molecular complexity index is 815. The molecular weight excluding hydrogens is 364 g/mol. The smallest absolute Gasteiger partial charge is 0.261 e. The Morgan fingerprint density at radius 1 is 1.03 bits per heavy atom. The predicted octanol–water partition coefficient (Wildman–Crippen LogP) is 4.01. The van der Waals surface area contributed by atoms with E-state index in [-0.39, 0.29) is 24.5 Å². The van der Waals surface area contributed by atoms with Gasteiger partial charge in [-0.2, -0.15) is 0 Å². The molecule has 2 aromatic carbocycles. The molecule has 1 atom stereocenters. The molecule has 0 spiro atoms. The van der Waals surface area contributed by atoms with Crippen molar-refractivity contribution in [2.75, 3.05) is 6.61 Å². The third-order valence-corrected chi connectivity index (χ3v) is 4.64. The Morgan fingerprint density at radius 2 is 1.72 bits per heavy atom. The lowest BCUT2D eigenvalue weighted by Crippen LogP contribution is -2.51. The van der Waals surface area contributed by atoms with E-state index in [2.05, 4.69) is 5.32 Å². The number of hydrogen-bond acceptors (Lipinski definition) is 3. The van der Waals surface area contributed by atoms with Crippen LogP contribution in [-0.4, -0.2) is 35.4 Å². The molecule has 5 heteroatoms. The molecule has 156 valence electrons. The van der Waals surface area contributed by atoms with Gasteiger partial charge in [0.1, 0.15) is 11.8 Å². The highest BCUT2D eigenvalue weighted by atomic mass is 16.5. The quantitative estimate of drug-likeness (QED) is 0.697. The summed E-state index contributed by atoms with van der Waals surface area (Å²) in [6.45, 7) is 9.99. The molecule has 2 aromatic rings. The Morgan fingerprint density at radius 3 is 2.31 bits per heavy atom. The molecule has 0 bridgehead atoms. The first-order chi connectivity index (χ1) is 13.8. The number of aryl methyl sites for hydroxylation is 2. The summed E-state index contributed by atoms with van der Waals surface area (Å²) in [6.07, 6.45) is 0.528. The van der Waals surface area contributed by atoms with Crippen LogP contribution in [0.1, 0.15) is 43.9 Å². The molecule has 0 radical (unpaired) electrons. The zero-order valence-electron chi connectivity index (χ0n) is 18.1. The summed E-state index contributed by atoms with van der Waals surface area (Å²) in [5, 5.41) is 2.93. The molecule has 0 saturated carbocycles. The first-order valence-corrected chi connectivity index (χ1v) is 10.1. The monoisotopic (exact) mass is 396 g/mol. The van der Waals surface area contributed by atoms with Crippen molar-refractivity contribution in [3.8, 4) is 5.75 Å². The van der Waals surface area contributed by atoms with Crippen molar-refractivity contribution in [2.45, 2.75) is 59.7 Å². The highest BCUT2D eigenvalue weighted by Crippen LogP contribution is 2.16. The highest BCUT2D eigenvalue weighted by molar-refractivity contribution is 5.88. The van der Waals surface area contributed by atoms with Crippen LogP contribution in [0.15, 0.2) is 48.5 Å². The van der Waals surface area contributed by atoms with Crippen LogP contribution in [0.3, 0.4) is 0 Å². The number of benzene rings is 2. The molecule has 0 aliphatic carbocycles. The zero-order chi connectivity index (χ0) is 21.4. The van der Waals surface area contributed by atoms with E-state index in [0.717, 1.165) is 16.7 Å². The van der Waals surface area contributed by atoms with Crippen LogP contribution in [-0.2, 0) is 16.1 Å². The molecule has 0 aromatic heterocycles. The molecule has 0 saturated heterocycles. The number of rotatable bonds is 9. The van der Waals surface area contributed by atoms with Gasteiger partial charge in [-0.25, -0.2) is 0 Å². The van der Waals surface area contributed by atoms with E-state index in [4.69, 9.17) is 4.74 Å². The molecule has 0 unspecified atom stereocenters. The van der Waals surface area contributed by atoms with Gasteiger partial charge in [-0.3, -0.25) is 9.59 Å². The van der Waals surface area contributed by atoms with Crippen molar-refractivity contribution in [3.63, 3.8) is 0 Å². The van der Waals surface area contributed by atoms with Gasteiger partial charge in [0, 0.05) is 12.6 Å². The summed E-state index contributed by atoms with van der Waals surface area (Å²) in [5.74, 6) is 0.296. The number of amides is 2. The number of ether oxygens (including phenoxy) is 1. The minimum atomic E-state index is -0.549. The standard InChI is InChI=1S/C24H32N2O3/c1-6-22(24(28)25-17(2)3)26(15-20-12-10-18(4)11-13-20)23(27)16-29-21-9-7-8-19(5)14-21/h7-14,17,22H,6,15-16H2,1-5H3,(H,25,28)/t22-/m1/s1. The van der Waals surface area contributed by atoms with Gasteiger partial charge in [0.15, 0.2) is 6.61 Å². The number of nitrogens with one attached hydrogen (secondary N) is 1. The average molecular weight is 397 g/mol. The maximum Gasteiger partial charge on any atom is 0.261 e. The molecule has 2 rings (SSSR count). The molecule has 0 aliphatic rings. The zero-order valence-corrected chi connectivity index (χ0v) is 18.1. The largest absolute Gasteiger partial charge is 0.484 e. The molecule has 0 fully saturated rings. The van der Waals surface area contributed by atoms with Crippen LogP contribution in [0, 0.1) is 13.8 Å². The summed E-state index contributed by atoms with van der Waals surface area (Å²) < 4.78 is 5.72. The van der Waals surface area contributed by atoms with Crippen LogP contribution >= 0.6 is 0 Å². The minimum absolute atomic E-state index is 0.0106. The van der Waals surface area contributed by atoms with Crippen molar-refractivity contribution < 1.29 is 14.3 Å². The predicted molar refractivity (Wildman–Crippen MR) is 116 cm³/mol. The summed E-state index contributed by atoms with van der Waals surface area (Å²) in [7, 11) is 0. The van der Waals surface area contributed by atoms with E-state index in [9.17, 15) is 9.59 Å². The van der Waals surface area contributed by atoms with Gasteiger partial charge >= 0.3 is 0 Å². The fourth-order valence-corrected chi connectivity index (χ4v) is 3.12. The average Bonchev–Trinajstić information content (AvgIpc) is 2.67. The van der Waals surface area contributed by atoms with E-state index in [0.29, 0.717) is 18.7 Å². The Kier molecular flexibility index (Phi) is 8.25. The maximum absolute atomic E-state index is 13.1. The fourth-order valence-electron chi connectivity index (χ4n) is 3.12. The minimum Gasteiger partial charge on any atom is -0.484 e. The van der Waals surface area contributed by atoms with Gasteiger partial charge in [-0.05, 0) is 57.4 Å². The van der Waals surface area contributed by atoms with Gasteiger partial charge in [-0.15, -0.1) is 0 Å². The van der Waals surface area contributed by atoms with Gasteiger partial charge in [-0.1, -0.05) is 48.9 Å². The third-order valence-electron chi connectivity index (χ3n) is 4.64. The molecule has 5 nitrogen and oxygen atoms in total. The van der Waals surface area contributed by atoms with Gasteiger partial charge in [0.05, 0.1) is 0 Å². The van der Waals surface area contributed by atoms with Crippen molar-refractivity contribution >= 4 is 11.8 Å². The third kappa shape index (κ3) is 6.93. The number of carbonyl (C=O) groups excluding carboxylic acids is 2. The normalized spacial score (nSPS) is 11.8.